The Balaban J connectivity index is 2.11. The fourth-order valence-corrected chi connectivity index (χ4v) is 1.99. The predicted octanol–water partition coefficient (Wildman–Crippen LogP) is 0.408. The van der Waals surface area contributed by atoms with Gasteiger partial charge in [-0.2, -0.15) is 0 Å². The van der Waals surface area contributed by atoms with Crippen LogP contribution < -0.4 is 5.32 Å². The third kappa shape index (κ3) is 5.48. The molecular weight excluding hydrogens is 220 g/mol. The van der Waals surface area contributed by atoms with Gasteiger partial charge in [-0.3, -0.25) is 9.69 Å². The van der Waals surface area contributed by atoms with Gasteiger partial charge >= 0.3 is 5.97 Å². The number of carbonyl (C=O) groups is 1. The van der Waals surface area contributed by atoms with Gasteiger partial charge in [-0.15, -0.1) is 0 Å². The molecule has 0 spiro atoms. The molecule has 0 amide bonds. The molecule has 0 radical (unpaired) electrons. The number of morpholine rings is 1. The number of hydrogen-bond donors (Lipinski definition) is 2. The van der Waals surface area contributed by atoms with Crippen LogP contribution in [0, 0.1) is 5.92 Å². The van der Waals surface area contributed by atoms with E-state index in [1.807, 2.05) is 13.8 Å². The first-order chi connectivity index (χ1) is 8.11. The first-order valence-corrected chi connectivity index (χ1v) is 6.37. The average molecular weight is 244 g/mol. The lowest BCUT2D eigenvalue weighted by molar-refractivity contribution is -0.140. The second-order valence-corrected chi connectivity index (χ2v) is 4.82. The van der Waals surface area contributed by atoms with Gasteiger partial charge < -0.3 is 15.2 Å². The molecule has 1 fully saturated rings. The Morgan fingerprint density at radius 1 is 1.41 bits per heavy atom. The highest BCUT2D eigenvalue weighted by atomic mass is 16.5. The minimum Gasteiger partial charge on any atom is -0.480 e. The van der Waals surface area contributed by atoms with E-state index in [2.05, 4.69) is 10.2 Å². The topological polar surface area (TPSA) is 61.8 Å². The third-order valence-corrected chi connectivity index (χ3v) is 3.05. The maximum Gasteiger partial charge on any atom is 0.320 e. The van der Waals surface area contributed by atoms with Crippen molar-refractivity contribution in [2.45, 2.75) is 26.3 Å². The molecule has 1 heterocycles. The summed E-state index contributed by atoms with van der Waals surface area (Å²) in [4.78, 5) is 13.3. The van der Waals surface area contributed by atoms with Crippen molar-refractivity contribution in [1.82, 2.24) is 10.2 Å². The molecule has 1 atom stereocenters. The summed E-state index contributed by atoms with van der Waals surface area (Å²) >= 11 is 0. The average Bonchev–Trinajstić information content (AvgIpc) is 2.29. The molecule has 2 N–H and O–H groups in total. The molecule has 1 saturated heterocycles. The Morgan fingerprint density at radius 2 is 2.06 bits per heavy atom. The Morgan fingerprint density at radius 3 is 2.59 bits per heavy atom. The fraction of sp³-hybridized carbons (Fsp3) is 0.917. The number of aliphatic carboxylic acids is 1. The highest BCUT2D eigenvalue weighted by molar-refractivity contribution is 5.73. The molecule has 1 aliphatic heterocycles. The lowest BCUT2D eigenvalue weighted by Gasteiger charge is -2.27. The zero-order valence-electron chi connectivity index (χ0n) is 10.8. The fourth-order valence-electron chi connectivity index (χ4n) is 1.99. The second-order valence-electron chi connectivity index (χ2n) is 4.82. The molecule has 0 aromatic heterocycles. The first kappa shape index (κ1) is 14.4. The van der Waals surface area contributed by atoms with Crippen LogP contribution in [0.3, 0.4) is 0 Å². The standard InChI is InChI=1S/C12H24N2O3/c1-10(2)11(12(15)16)13-4-3-5-14-6-8-17-9-7-14/h10-11,13H,3-9H2,1-2H3,(H,15,16). The molecule has 100 valence electrons. The number of carboxylic acids is 1. The quantitative estimate of drug-likeness (QED) is 0.635. The highest BCUT2D eigenvalue weighted by Gasteiger charge is 2.20. The largest absolute Gasteiger partial charge is 0.480 e. The number of nitrogens with zero attached hydrogens (tertiary/aromatic N) is 1. The molecule has 5 heteroatoms. The monoisotopic (exact) mass is 244 g/mol. The molecule has 1 rings (SSSR count). The lowest BCUT2D eigenvalue weighted by atomic mass is 10.0. The van der Waals surface area contributed by atoms with Gasteiger partial charge in [-0.1, -0.05) is 13.8 Å². The van der Waals surface area contributed by atoms with Gasteiger partial charge in [-0.05, 0) is 25.4 Å². The van der Waals surface area contributed by atoms with Gasteiger partial charge in [0.05, 0.1) is 13.2 Å². The van der Waals surface area contributed by atoms with E-state index in [0.29, 0.717) is 0 Å². The SMILES string of the molecule is CC(C)C(NCCCN1CCOCC1)C(=O)O. The lowest BCUT2D eigenvalue weighted by Crippen LogP contribution is -2.43. The maximum atomic E-state index is 10.9. The molecule has 0 aromatic carbocycles. The predicted molar refractivity (Wildman–Crippen MR) is 66.1 cm³/mol. The summed E-state index contributed by atoms with van der Waals surface area (Å²) in [5, 5.41) is 12.1. The van der Waals surface area contributed by atoms with Gasteiger partial charge in [0.25, 0.3) is 0 Å². The highest BCUT2D eigenvalue weighted by Crippen LogP contribution is 2.02. The van der Waals surface area contributed by atoms with Crippen LogP contribution in [0.5, 0.6) is 0 Å². The number of hydrogen-bond acceptors (Lipinski definition) is 4. The first-order valence-electron chi connectivity index (χ1n) is 6.37. The Kier molecular flexibility index (Phi) is 6.47. The molecule has 5 nitrogen and oxygen atoms in total. The zero-order chi connectivity index (χ0) is 12.7. The van der Waals surface area contributed by atoms with E-state index in [1.165, 1.54) is 0 Å². The van der Waals surface area contributed by atoms with Crippen LogP contribution in [0.15, 0.2) is 0 Å². The van der Waals surface area contributed by atoms with Crippen LogP contribution in [0.25, 0.3) is 0 Å². The van der Waals surface area contributed by atoms with E-state index >= 15 is 0 Å². The number of ether oxygens (including phenoxy) is 1. The zero-order valence-corrected chi connectivity index (χ0v) is 10.8. The van der Waals surface area contributed by atoms with Crippen molar-refractivity contribution in [1.29, 1.82) is 0 Å². The Labute approximate surface area is 103 Å². The molecule has 17 heavy (non-hydrogen) atoms. The van der Waals surface area contributed by atoms with E-state index in [9.17, 15) is 4.79 Å². The molecule has 0 aliphatic carbocycles. The number of carboxylic acid groups (broad SMARTS) is 1. The van der Waals surface area contributed by atoms with Crippen LogP contribution in [0.1, 0.15) is 20.3 Å². The van der Waals surface area contributed by atoms with Crippen molar-refractivity contribution < 1.29 is 14.6 Å². The van der Waals surface area contributed by atoms with Crippen LogP contribution in [-0.4, -0.2) is 61.4 Å². The van der Waals surface area contributed by atoms with E-state index in [4.69, 9.17) is 9.84 Å². The van der Waals surface area contributed by atoms with Gasteiger partial charge in [0, 0.05) is 13.1 Å². The molecule has 0 saturated carbocycles. The molecule has 1 unspecified atom stereocenters. The van der Waals surface area contributed by atoms with Gasteiger partial charge in [0.2, 0.25) is 0 Å². The maximum absolute atomic E-state index is 10.9. The smallest absolute Gasteiger partial charge is 0.320 e. The van der Waals surface area contributed by atoms with Crippen molar-refractivity contribution in [2.75, 3.05) is 39.4 Å². The van der Waals surface area contributed by atoms with Crippen molar-refractivity contribution in [3.63, 3.8) is 0 Å². The Bertz CT molecular complexity index is 228. The number of nitrogens with one attached hydrogen (secondary N) is 1. The number of rotatable bonds is 7. The van der Waals surface area contributed by atoms with Crippen LogP contribution in [0.2, 0.25) is 0 Å². The normalized spacial score (nSPS) is 19.5. The van der Waals surface area contributed by atoms with Gasteiger partial charge in [-0.25, -0.2) is 0 Å². The second kappa shape index (κ2) is 7.63. The summed E-state index contributed by atoms with van der Waals surface area (Å²) in [6.45, 7) is 9.24. The van der Waals surface area contributed by atoms with Crippen molar-refractivity contribution in [3.05, 3.63) is 0 Å². The van der Waals surface area contributed by atoms with Gasteiger partial charge in [0.15, 0.2) is 0 Å². The summed E-state index contributed by atoms with van der Waals surface area (Å²) in [6.07, 6.45) is 0.983. The summed E-state index contributed by atoms with van der Waals surface area (Å²) in [5.74, 6) is -0.637. The third-order valence-electron chi connectivity index (χ3n) is 3.05. The van der Waals surface area contributed by atoms with E-state index < -0.39 is 12.0 Å². The minimum atomic E-state index is -0.758. The van der Waals surface area contributed by atoms with E-state index in [0.717, 1.165) is 45.8 Å². The van der Waals surface area contributed by atoms with Crippen LogP contribution in [-0.2, 0) is 9.53 Å². The summed E-state index contributed by atoms with van der Waals surface area (Å²) in [5.41, 5.74) is 0. The van der Waals surface area contributed by atoms with Gasteiger partial charge in [0.1, 0.15) is 6.04 Å². The minimum absolute atomic E-state index is 0.121. The van der Waals surface area contributed by atoms with Crippen molar-refractivity contribution in [2.24, 2.45) is 5.92 Å². The molecule has 0 aromatic rings. The summed E-state index contributed by atoms with van der Waals surface area (Å²) < 4.78 is 5.27. The summed E-state index contributed by atoms with van der Waals surface area (Å²) in [7, 11) is 0. The van der Waals surface area contributed by atoms with E-state index in [-0.39, 0.29) is 5.92 Å². The summed E-state index contributed by atoms with van der Waals surface area (Å²) in [6, 6.07) is -0.431. The molecule has 1 aliphatic rings. The van der Waals surface area contributed by atoms with Crippen molar-refractivity contribution >= 4 is 5.97 Å². The molecule has 0 bridgehead atoms. The van der Waals surface area contributed by atoms with E-state index in [1.54, 1.807) is 0 Å². The Hall–Kier alpha value is -0.650. The van der Waals surface area contributed by atoms with Crippen molar-refractivity contribution in [3.8, 4) is 0 Å². The van der Waals surface area contributed by atoms with Crippen LogP contribution in [0.4, 0.5) is 0 Å². The molecular formula is C12H24N2O3. The van der Waals surface area contributed by atoms with Crippen LogP contribution >= 0.6 is 0 Å².